The molecule has 3 rings (SSSR count). The molecule has 1 aromatic heterocycles. The molecule has 2 amide bonds. The van der Waals surface area contributed by atoms with Crippen LogP contribution < -0.4 is 10.6 Å². The van der Waals surface area contributed by atoms with Gasteiger partial charge in [-0.25, -0.2) is 0 Å². The van der Waals surface area contributed by atoms with Crippen molar-refractivity contribution in [1.82, 2.24) is 25.4 Å². The maximum atomic E-state index is 13.0. The Kier molecular flexibility index (Phi) is 11.1. The summed E-state index contributed by atoms with van der Waals surface area (Å²) >= 11 is 3.20. The number of aromatic nitrogens is 1. The van der Waals surface area contributed by atoms with Gasteiger partial charge in [0.2, 0.25) is 11.8 Å². The first-order valence-corrected chi connectivity index (χ1v) is 13.3. The van der Waals surface area contributed by atoms with Crippen LogP contribution >= 0.6 is 15.9 Å². The molecule has 2 heterocycles. The Morgan fingerprint density at radius 3 is 2.61 bits per heavy atom. The molecule has 0 aliphatic carbocycles. The average molecular weight is 559 g/mol. The number of carbonyl (C=O) groups excluding carboxylic acids is 2. The first-order chi connectivity index (χ1) is 17.3. The van der Waals surface area contributed by atoms with E-state index in [1.807, 2.05) is 53.6 Å². The molecule has 8 nitrogen and oxygen atoms in total. The minimum atomic E-state index is -0.709. The number of hydrogen-bond donors (Lipinski definition) is 3. The third-order valence-electron chi connectivity index (χ3n) is 6.16. The second-order valence-corrected chi connectivity index (χ2v) is 9.91. The van der Waals surface area contributed by atoms with E-state index in [-0.39, 0.29) is 23.2 Å². The quantitative estimate of drug-likeness (QED) is 0.346. The van der Waals surface area contributed by atoms with Gasteiger partial charge in [-0.3, -0.25) is 24.4 Å². The molecule has 1 unspecified atom stereocenters. The summed E-state index contributed by atoms with van der Waals surface area (Å²) in [6.07, 6.45) is 3.89. The third-order valence-corrected chi connectivity index (χ3v) is 6.67. The number of hydrogen-bond acceptors (Lipinski definition) is 6. The lowest BCUT2D eigenvalue weighted by molar-refractivity contribution is -0.129. The minimum Gasteiger partial charge on any atom is -0.392 e. The van der Waals surface area contributed by atoms with Crippen LogP contribution in [0.4, 0.5) is 0 Å². The van der Waals surface area contributed by atoms with Gasteiger partial charge in [-0.2, -0.15) is 0 Å². The van der Waals surface area contributed by atoms with E-state index in [0.29, 0.717) is 44.7 Å². The largest absolute Gasteiger partial charge is 0.392 e. The van der Waals surface area contributed by atoms with Crippen molar-refractivity contribution < 1.29 is 14.7 Å². The summed E-state index contributed by atoms with van der Waals surface area (Å²) in [6.45, 7) is 8.56. The fourth-order valence-corrected chi connectivity index (χ4v) is 4.73. The second kappa shape index (κ2) is 14.2. The van der Waals surface area contributed by atoms with Crippen molar-refractivity contribution in [1.29, 1.82) is 0 Å². The van der Waals surface area contributed by atoms with Crippen LogP contribution in [0.25, 0.3) is 0 Å². The Morgan fingerprint density at radius 2 is 1.94 bits per heavy atom. The van der Waals surface area contributed by atoms with Gasteiger partial charge in [0.25, 0.3) is 0 Å². The predicted octanol–water partition coefficient (Wildman–Crippen LogP) is 2.09. The van der Waals surface area contributed by atoms with Crippen LogP contribution in [0.1, 0.15) is 24.5 Å². The predicted molar refractivity (Wildman–Crippen MR) is 144 cm³/mol. The van der Waals surface area contributed by atoms with Crippen molar-refractivity contribution >= 4 is 27.7 Å². The van der Waals surface area contributed by atoms with Gasteiger partial charge >= 0.3 is 0 Å². The number of nitrogens with zero attached hydrogens (tertiary/aromatic N) is 3. The zero-order valence-corrected chi connectivity index (χ0v) is 22.4. The lowest BCUT2D eigenvalue weighted by Crippen LogP contribution is -2.60. The number of halogens is 1. The zero-order valence-electron chi connectivity index (χ0n) is 20.8. The molecule has 0 saturated carbocycles. The number of rotatable bonds is 12. The molecule has 36 heavy (non-hydrogen) atoms. The lowest BCUT2D eigenvalue weighted by Gasteiger charge is -2.41. The maximum absolute atomic E-state index is 13.0. The molecule has 3 atom stereocenters. The topological polar surface area (TPSA) is 97.8 Å². The van der Waals surface area contributed by atoms with Gasteiger partial charge in [-0.05, 0) is 37.0 Å². The van der Waals surface area contributed by atoms with Gasteiger partial charge in [0.15, 0.2) is 0 Å². The molecule has 2 aromatic rings. The van der Waals surface area contributed by atoms with Crippen molar-refractivity contribution in [2.45, 2.75) is 44.5 Å². The number of aliphatic hydroxyl groups is 1. The summed E-state index contributed by atoms with van der Waals surface area (Å²) in [4.78, 5) is 33.6. The van der Waals surface area contributed by atoms with Gasteiger partial charge in [-0.1, -0.05) is 58.9 Å². The van der Waals surface area contributed by atoms with E-state index in [1.54, 1.807) is 13.1 Å². The summed E-state index contributed by atoms with van der Waals surface area (Å²) in [5.41, 5.74) is 2.77. The van der Waals surface area contributed by atoms with Crippen molar-refractivity contribution in [2.24, 2.45) is 0 Å². The summed E-state index contributed by atoms with van der Waals surface area (Å²) < 4.78 is 0. The molecule has 0 spiro atoms. The Hall–Kier alpha value is -2.59. The lowest BCUT2D eigenvalue weighted by atomic mass is 9.99. The van der Waals surface area contributed by atoms with Crippen molar-refractivity contribution in [3.05, 3.63) is 78.3 Å². The highest BCUT2D eigenvalue weighted by atomic mass is 79.9. The monoisotopic (exact) mass is 557 g/mol. The number of nitrogens with one attached hydrogen (secondary N) is 2. The first-order valence-electron chi connectivity index (χ1n) is 12.2. The van der Waals surface area contributed by atoms with E-state index in [1.165, 1.54) is 0 Å². The Balaban J connectivity index is 1.65. The molecule has 1 saturated heterocycles. The minimum absolute atomic E-state index is 0.120. The van der Waals surface area contributed by atoms with Crippen molar-refractivity contribution in [3.8, 4) is 0 Å². The number of piperazine rings is 1. The highest BCUT2D eigenvalue weighted by Gasteiger charge is 2.34. The molecular weight excluding hydrogens is 522 g/mol. The summed E-state index contributed by atoms with van der Waals surface area (Å²) in [6, 6.07) is 13.2. The molecular formula is C27H36BrN5O3. The second-order valence-electron chi connectivity index (χ2n) is 9.35. The normalized spacial score (nSPS) is 18.2. The number of alkyl halides is 1. The number of allylic oxidation sites excluding steroid dienone is 1. The highest BCUT2D eigenvalue weighted by Crippen LogP contribution is 2.16. The number of amides is 2. The number of pyridine rings is 1. The van der Waals surface area contributed by atoms with Crippen LogP contribution in [0.2, 0.25) is 0 Å². The van der Waals surface area contributed by atoms with E-state index in [0.717, 1.165) is 17.7 Å². The Bertz CT molecular complexity index is 991. The summed E-state index contributed by atoms with van der Waals surface area (Å²) in [5.74, 6) is -0.245. The summed E-state index contributed by atoms with van der Waals surface area (Å²) in [5, 5.41) is 17.1. The van der Waals surface area contributed by atoms with Crippen molar-refractivity contribution in [2.75, 3.05) is 31.5 Å². The molecule has 9 heteroatoms. The van der Waals surface area contributed by atoms with Crippen molar-refractivity contribution in [3.63, 3.8) is 0 Å². The van der Waals surface area contributed by atoms with E-state index >= 15 is 0 Å². The molecule has 3 N–H and O–H groups in total. The van der Waals surface area contributed by atoms with Crippen LogP contribution in [0.3, 0.4) is 0 Å². The van der Waals surface area contributed by atoms with Crippen LogP contribution in [-0.4, -0.2) is 81.4 Å². The van der Waals surface area contributed by atoms with Gasteiger partial charge in [0.05, 0.1) is 11.4 Å². The fraction of sp³-hybridized carbons (Fsp3) is 0.444. The van der Waals surface area contributed by atoms with E-state index < -0.39 is 12.1 Å². The Labute approximate surface area is 221 Å². The third kappa shape index (κ3) is 9.13. The fourth-order valence-electron chi connectivity index (χ4n) is 4.56. The molecule has 1 aromatic carbocycles. The number of carbonyl (C=O) groups is 2. The van der Waals surface area contributed by atoms with Crippen LogP contribution in [-0.2, 0) is 22.6 Å². The SMILES string of the molecule is C=C(C)NC(=O)[C@@H]1CN(Cc2cccnc2)CCN1C[C@@H](O)CC(Cc1ccccc1)NC(=O)CBr. The standard InChI is InChI=1S/C27H36BrN5O3/c1-20(2)30-27(36)25-19-32(17-22-9-6-10-29-16-22)11-12-33(25)18-24(34)14-23(31-26(35)15-28)13-21-7-4-3-5-8-21/h3-10,16,23-25,34H,1,11-15,17-19H2,2H3,(H,30,36)(H,31,35)/t23?,24-,25-/m0/s1. The molecule has 0 radical (unpaired) electrons. The van der Waals surface area contributed by atoms with Crippen LogP contribution in [0, 0.1) is 0 Å². The molecule has 0 bridgehead atoms. The van der Waals surface area contributed by atoms with Gasteiger partial charge in [-0.15, -0.1) is 0 Å². The molecule has 1 aliphatic heterocycles. The van der Waals surface area contributed by atoms with E-state index in [9.17, 15) is 14.7 Å². The number of β-amino-alcohol motifs (C(OH)–C–C–N with tert-alkyl or cyclic N) is 1. The van der Waals surface area contributed by atoms with Crippen LogP contribution in [0.15, 0.2) is 67.1 Å². The highest BCUT2D eigenvalue weighted by molar-refractivity contribution is 9.09. The number of benzene rings is 1. The maximum Gasteiger partial charge on any atom is 0.242 e. The van der Waals surface area contributed by atoms with Crippen LogP contribution in [0.5, 0.6) is 0 Å². The van der Waals surface area contributed by atoms with Gasteiger partial charge < -0.3 is 15.7 Å². The smallest absolute Gasteiger partial charge is 0.242 e. The first kappa shape index (κ1) is 28.0. The summed E-state index contributed by atoms with van der Waals surface area (Å²) in [7, 11) is 0. The molecule has 1 aliphatic rings. The zero-order chi connectivity index (χ0) is 25.9. The number of aliphatic hydroxyl groups excluding tert-OH is 1. The van der Waals surface area contributed by atoms with Gasteiger partial charge in [0, 0.05) is 56.9 Å². The molecule has 1 fully saturated rings. The Morgan fingerprint density at radius 1 is 1.19 bits per heavy atom. The van der Waals surface area contributed by atoms with E-state index in [2.05, 4.69) is 43.0 Å². The van der Waals surface area contributed by atoms with Gasteiger partial charge in [0.1, 0.15) is 6.04 Å². The average Bonchev–Trinajstić information content (AvgIpc) is 2.85. The van der Waals surface area contributed by atoms with E-state index in [4.69, 9.17) is 0 Å². The molecule has 194 valence electrons.